The Balaban J connectivity index is 2.50. The van der Waals surface area contributed by atoms with Gasteiger partial charge in [-0.25, -0.2) is 0 Å². The van der Waals surface area contributed by atoms with Crippen molar-refractivity contribution in [2.75, 3.05) is 27.2 Å². The molecule has 0 radical (unpaired) electrons. The second kappa shape index (κ2) is 8.56. The van der Waals surface area contributed by atoms with Crippen molar-refractivity contribution in [3.63, 3.8) is 0 Å². The molecule has 1 heterocycles. The van der Waals surface area contributed by atoms with Gasteiger partial charge in [0.15, 0.2) is 0 Å². The first-order valence-corrected chi connectivity index (χ1v) is 6.50. The lowest BCUT2D eigenvalue weighted by atomic mass is 10.2. The monoisotopic (exact) mass is 261 g/mol. The highest BCUT2D eigenvalue weighted by Gasteiger charge is 2.01. The summed E-state index contributed by atoms with van der Waals surface area (Å²) in [5.41, 5.74) is 1.93. The quantitative estimate of drug-likeness (QED) is 0.708. The number of allylic oxidation sites excluding steroid dienone is 2. The molecule has 0 aliphatic rings. The van der Waals surface area contributed by atoms with Crippen LogP contribution in [0.5, 0.6) is 0 Å². The van der Waals surface area contributed by atoms with E-state index < -0.39 is 0 Å². The van der Waals surface area contributed by atoms with E-state index in [-0.39, 0.29) is 6.23 Å². The Morgan fingerprint density at radius 3 is 2.84 bits per heavy atom. The largest absolute Gasteiger partial charge is 0.356 e. The molecule has 1 atom stereocenters. The third-order valence-corrected chi connectivity index (χ3v) is 2.59. The highest BCUT2D eigenvalue weighted by atomic mass is 16.5. The first kappa shape index (κ1) is 15.5. The van der Waals surface area contributed by atoms with Gasteiger partial charge in [0.2, 0.25) is 0 Å². The minimum atomic E-state index is -0.140. The van der Waals surface area contributed by atoms with E-state index in [0.717, 1.165) is 17.8 Å². The lowest BCUT2D eigenvalue weighted by molar-refractivity contribution is 0.0623. The average Bonchev–Trinajstić information content (AvgIpc) is 2.40. The fourth-order valence-electron chi connectivity index (χ4n) is 1.46. The Labute approximate surface area is 115 Å². The number of pyridine rings is 1. The summed E-state index contributed by atoms with van der Waals surface area (Å²) in [5, 5.41) is 0. The molecule has 0 aliphatic heterocycles. The Kier molecular flexibility index (Phi) is 7.00. The van der Waals surface area contributed by atoms with Gasteiger partial charge in [-0.3, -0.25) is 9.98 Å². The Morgan fingerprint density at radius 2 is 2.26 bits per heavy atom. The third-order valence-electron chi connectivity index (χ3n) is 2.59. The molecule has 0 aliphatic carbocycles. The summed E-state index contributed by atoms with van der Waals surface area (Å²) in [5.74, 6) is 0. The summed E-state index contributed by atoms with van der Waals surface area (Å²) in [4.78, 5) is 10.8. The lowest BCUT2D eigenvalue weighted by Crippen LogP contribution is -2.20. The number of rotatable bonds is 7. The van der Waals surface area contributed by atoms with Crippen LogP contribution in [0.3, 0.4) is 0 Å². The van der Waals surface area contributed by atoms with Crippen molar-refractivity contribution in [3.8, 4) is 0 Å². The molecule has 0 fully saturated rings. The predicted molar refractivity (Wildman–Crippen MR) is 80.3 cm³/mol. The first-order chi connectivity index (χ1) is 9.13. The normalized spacial score (nSPS) is 14.3. The minimum absolute atomic E-state index is 0.140. The van der Waals surface area contributed by atoms with E-state index in [9.17, 15) is 0 Å². The number of aliphatic imine (C=N–C) groups is 1. The SMILES string of the molecule is C/C=C(\C=N/C(C)OCCN(C)C)c1ccccn1. The maximum absolute atomic E-state index is 5.60. The molecule has 0 aromatic carbocycles. The van der Waals surface area contributed by atoms with E-state index in [1.165, 1.54) is 0 Å². The zero-order chi connectivity index (χ0) is 14.1. The maximum Gasteiger partial charge on any atom is 0.145 e. The van der Waals surface area contributed by atoms with Gasteiger partial charge in [-0.15, -0.1) is 0 Å². The summed E-state index contributed by atoms with van der Waals surface area (Å²) >= 11 is 0. The van der Waals surface area contributed by atoms with Crippen LogP contribution in [-0.2, 0) is 4.74 Å². The van der Waals surface area contributed by atoms with E-state index in [1.54, 1.807) is 6.20 Å². The maximum atomic E-state index is 5.60. The summed E-state index contributed by atoms with van der Waals surface area (Å²) < 4.78 is 5.60. The molecule has 0 spiro atoms. The van der Waals surface area contributed by atoms with Crippen molar-refractivity contribution in [3.05, 3.63) is 36.2 Å². The van der Waals surface area contributed by atoms with Crippen LogP contribution in [0.2, 0.25) is 0 Å². The van der Waals surface area contributed by atoms with Crippen molar-refractivity contribution >= 4 is 11.8 Å². The molecule has 0 amide bonds. The molecule has 4 nitrogen and oxygen atoms in total. The minimum Gasteiger partial charge on any atom is -0.356 e. The van der Waals surface area contributed by atoms with Gasteiger partial charge in [0.25, 0.3) is 0 Å². The van der Waals surface area contributed by atoms with Crippen molar-refractivity contribution in [2.45, 2.75) is 20.1 Å². The summed E-state index contributed by atoms with van der Waals surface area (Å²) in [6.45, 7) is 5.50. The fourth-order valence-corrected chi connectivity index (χ4v) is 1.46. The molecule has 1 unspecified atom stereocenters. The highest BCUT2D eigenvalue weighted by molar-refractivity contribution is 6.08. The first-order valence-electron chi connectivity index (χ1n) is 6.50. The van der Waals surface area contributed by atoms with E-state index in [1.807, 2.05) is 58.4 Å². The second-order valence-corrected chi connectivity index (χ2v) is 4.51. The molecule has 104 valence electrons. The Hall–Kier alpha value is -1.52. The number of likely N-dealkylation sites (N-methyl/N-ethyl adjacent to an activating group) is 1. The average molecular weight is 261 g/mol. The van der Waals surface area contributed by atoms with E-state index in [2.05, 4.69) is 14.9 Å². The third kappa shape index (κ3) is 6.27. The molecule has 0 bridgehead atoms. The fraction of sp³-hybridized carbons (Fsp3) is 0.467. The zero-order valence-electron chi connectivity index (χ0n) is 12.2. The van der Waals surface area contributed by atoms with Crippen LogP contribution in [0.25, 0.3) is 5.57 Å². The smallest absolute Gasteiger partial charge is 0.145 e. The van der Waals surface area contributed by atoms with Crippen LogP contribution in [0, 0.1) is 0 Å². The van der Waals surface area contributed by atoms with E-state index in [0.29, 0.717) is 6.61 Å². The molecule has 1 aromatic heterocycles. The van der Waals surface area contributed by atoms with Gasteiger partial charge in [0.05, 0.1) is 12.3 Å². The van der Waals surface area contributed by atoms with Crippen molar-refractivity contribution < 1.29 is 4.74 Å². The van der Waals surface area contributed by atoms with E-state index >= 15 is 0 Å². The van der Waals surface area contributed by atoms with Gasteiger partial charge >= 0.3 is 0 Å². The molecule has 0 saturated heterocycles. The van der Waals surface area contributed by atoms with E-state index in [4.69, 9.17) is 4.74 Å². The van der Waals surface area contributed by atoms with Gasteiger partial charge in [0, 0.05) is 24.5 Å². The summed E-state index contributed by atoms with van der Waals surface area (Å²) in [7, 11) is 4.05. The molecule has 4 heteroatoms. The number of hydrogen-bond acceptors (Lipinski definition) is 4. The zero-order valence-corrected chi connectivity index (χ0v) is 12.2. The number of hydrogen-bond donors (Lipinski definition) is 0. The summed E-state index contributed by atoms with van der Waals surface area (Å²) in [6.07, 6.45) is 5.46. The number of nitrogens with zero attached hydrogens (tertiary/aromatic N) is 3. The second-order valence-electron chi connectivity index (χ2n) is 4.51. The molecule has 1 aromatic rings. The standard InChI is InChI=1S/C15H23N3O/c1-5-14(15-8-6-7-9-16-15)12-17-13(2)19-11-10-18(3)4/h5-9,12-13H,10-11H2,1-4H3/b14-5+,17-12-. The van der Waals surface area contributed by atoms with Gasteiger partial charge in [0.1, 0.15) is 6.23 Å². The van der Waals surface area contributed by atoms with Crippen molar-refractivity contribution in [1.82, 2.24) is 9.88 Å². The topological polar surface area (TPSA) is 37.7 Å². The molecule has 0 saturated carbocycles. The van der Waals surface area contributed by atoms with Crippen LogP contribution in [0.15, 0.2) is 35.5 Å². The molecule has 1 rings (SSSR count). The molecule has 0 N–H and O–H groups in total. The Bertz CT molecular complexity index is 413. The number of ether oxygens (including phenoxy) is 1. The number of aromatic nitrogens is 1. The Morgan fingerprint density at radius 1 is 1.47 bits per heavy atom. The van der Waals surface area contributed by atoms with Crippen LogP contribution in [-0.4, -0.2) is 49.6 Å². The lowest BCUT2D eigenvalue weighted by Gasteiger charge is -2.12. The van der Waals surface area contributed by atoms with Gasteiger partial charge in [-0.2, -0.15) is 0 Å². The van der Waals surface area contributed by atoms with Gasteiger partial charge < -0.3 is 9.64 Å². The molecule has 19 heavy (non-hydrogen) atoms. The predicted octanol–water partition coefficient (Wildman–Crippen LogP) is 2.48. The van der Waals surface area contributed by atoms with Crippen LogP contribution in [0.1, 0.15) is 19.5 Å². The highest BCUT2D eigenvalue weighted by Crippen LogP contribution is 2.08. The van der Waals surface area contributed by atoms with Crippen LogP contribution < -0.4 is 0 Å². The summed E-state index contributed by atoms with van der Waals surface area (Å²) in [6, 6.07) is 5.84. The van der Waals surface area contributed by atoms with Crippen LogP contribution in [0.4, 0.5) is 0 Å². The van der Waals surface area contributed by atoms with Crippen molar-refractivity contribution in [1.29, 1.82) is 0 Å². The van der Waals surface area contributed by atoms with Gasteiger partial charge in [-0.1, -0.05) is 12.1 Å². The van der Waals surface area contributed by atoms with Crippen molar-refractivity contribution in [2.24, 2.45) is 4.99 Å². The molecular formula is C15H23N3O. The van der Waals surface area contributed by atoms with Gasteiger partial charge in [-0.05, 0) is 40.1 Å². The van der Waals surface area contributed by atoms with Crippen LogP contribution >= 0.6 is 0 Å². The molecular weight excluding hydrogens is 238 g/mol.